The van der Waals surface area contributed by atoms with Crippen LogP contribution in [0.25, 0.3) is 0 Å². The zero-order valence-corrected chi connectivity index (χ0v) is 61.0. The molecule has 108 heavy (non-hydrogen) atoms. The van der Waals surface area contributed by atoms with E-state index in [0.717, 1.165) is 13.8 Å². The van der Waals surface area contributed by atoms with E-state index in [1.165, 1.54) is 52.0 Å². The van der Waals surface area contributed by atoms with Gasteiger partial charge in [-0.05, 0) is 93.5 Å². The maximum absolute atomic E-state index is 16.0. The van der Waals surface area contributed by atoms with Crippen LogP contribution in [-0.4, -0.2) is 217 Å². The number of nitrogens with zero attached hydrogens (tertiary/aromatic N) is 5. The van der Waals surface area contributed by atoms with Crippen LogP contribution in [0.2, 0.25) is 0 Å². The molecule has 6 aliphatic rings. The highest BCUT2D eigenvalue weighted by Crippen LogP contribution is 2.64. The van der Waals surface area contributed by atoms with Crippen molar-refractivity contribution >= 4 is 77.1 Å². The number of Topliss-reactive ketones (excluding diaryl/α,β-unsaturated/α-hetero) is 1. The summed E-state index contributed by atoms with van der Waals surface area (Å²) in [5.74, 6) is -12.5. The number of carbonyl (C=O) groups is 12. The van der Waals surface area contributed by atoms with Gasteiger partial charge in [0.15, 0.2) is 23.4 Å². The van der Waals surface area contributed by atoms with Crippen LogP contribution in [0.1, 0.15) is 150 Å². The Morgan fingerprint density at radius 2 is 1.45 bits per heavy atom. The highest BCUT2D eigenvalue weighted by Gasteiger charge is 2.78. The normalized spacial score (nSPS) is 28.1. The van der Waals surface area contributed by atoms with Crippen molar-refractivity contribution in [1.29, 1.82) is 0 Å². The first-order valence-electron chi connectivity index (χ1n) is 36.1. The Hall–Kier alpha value is -10.5. The van der Waals surface area contributed by atoms with Gasteiger partial charge in [0, 0.05) is 76.0 Å². The summed E-state index contributed by atoms with van der Waals surface area (Å²) in [4.78, 5) is 173. The molecule has 0 spiro atoms. The Balaban J connectivity index is 0.870. The molecule has 33 heteroatoms. The third kappa shape index (κ3) is 17.7. The number of ketones is 1. The number of hydrogen-bond acceptors (Lipinski definition) is 24. The smallest absolute Gasteiger partial charge is 0.350 e. The highest BCUT2D eigenvalue weighted by molar-refractivity contribution is 5.98. The molecule has 4 aromatic rings. The lowest BCUT2D eigenvalue weighted by Gasteiger charge is -2.67. The summed E-state index contributed by atoms with van der Waals surface area (Å²) in [6, 6.07) is 18.4. The highest BCUT2D eigenvalue weighted by atomic mass is 16.6. The average molecular weight is 1500 g/mol. The van der Waals surface area contributed by atoms with E-state index >= 15 is 9.59 Å². The van der Waals surface area contributed by atoms with E-state index in [1.54, 1.807) is 77.6 Å². The zero-order valence-electron chi connectivity index (χ0n) is 61.0. The Labute approximate surface area is 622 Å². The van der Waals surface area contributed by atoms with Crippen LogP contribution in [0, 0.1) is 16.7 Å². The molecule has 15 atom stereocenters. The predicted molar refractivity (Wildman–Crippen MR) is 379 cm³/mol. The van der Waals surface area contributed by atoms with Gasteiger partial charge in [0.1, 0.15) is 42.0 Å². The Morgan fingerprint density at radius 1 is 0.787 bits per heavy atom. The summed E-state index contributed by atoms with van der Waals surface area (Å²) in [6.07, 6.45) is -7.75. The number of carboxylic acids is 1. The number of carbonyl (C=O) groups excluding carboxylic acids is 11. The van der Waals surface area contributed by atoms with Crippen LogP contribution in [0.15, 0.2) is 113 Å². The van der Waals surface area contributed by atoms with Crippen molar-refractivity contribution in [1.82, 2.24) is 46.5 Å². The van der Waals surface area contributed by atoms with E-state index in [4.69, 9.17) is 39.9 Å². The molecule has 10 rings (SSSR count). The number of aromatic nitrogens is 3. The number of aliphatic hydroxyl groups is 2. The van der Waals surface area contributed by atoms with Crippen molar-refractivity contribution in [3.63, 3.8) is 0 Å². The molecule has 2 saturated carbocycles. The van der Waals surface area contributed by atoms with E-state index in [1.807, 2.05) is 4.90 Å². The van der Waals surface area contributed by atoms with Gasteiger partial charge in [0.2, 0.25) is 29.7 Å². The molecule has 33 nitrogen and oxygen atoms in total. The van der Waals surface area contributed by atoms with Crippen LogP contribution in [0.5, 0.6) is 0 Å². The number of esters is 5. The first-order chi connectivity index (χ1) is 51.3. The summed E-state index contributed by atoms with van der Waals surface area (Å²) in [7, 11) is 0. The lowest BCUT2D eigenvalue weighted by Crippen LogP contribution is -2.82. The van der Waals surface area contributed by atoms with Gasteiger partial charge in [-0.25, -0.2) is 9.59 Å². The van der Waals surface area contributed by atoms with E-state index in [9.17, 15) is 63.3 Å². The van der Waals surface area contributed by atoms with Crippen LogP contribution < -0.4 is 38.1 Å². The second-order valence-electron chi connectivity index (χ2n) is 29.1. The van der Waals surface area contributed by atoms with Gasteiger partial charge < -0.3 is 81.8 Å². The standard InChI is InChI=1S/C75H94N12O21/c1-41-52(36-75(102)64(107-69(100)46-25-16-11-17-26-46)62-73(6,53(90)35-54-74(62,40-103-54)108-43(3)89)63(95)60(104-42(2)88)58(41)72(75,4)5)105-70(101)61(59(44-21-12-9-13-22-44)83-65(96)45-23-14-10-15-24-45)106-57(94)29-28-47-39-87(85-84-47)32-19-8-7-18-31-86-38-48-33-51(86)68(99)82-49(27-20-30-78-71(76)77)66(97)79-37-55(91)81-50(34-56(92)93)67(98)80-48/h9-17,21-26,39,48-54,59-62,64,90,102H,7-8,18-20,27-38,40H2,1-6H3,(H,79,97)(H,80,98)(H,81,91)(H,82,99)(H,83,96)(H,92,93)(H4,76,77,78)/t48-,49-,50-,51-,52-,53-,54+,59-,60+,61+,62-,64-,73+,74-,75+/m0/s1. The minimum atomic E-state index is -2.54. The first kappa shape index (κ1) is 80.0. The van der Waals surface area contributed by atoms with E-state index in [-0.39, 0.29) is 79.2 Å². The third-order valence-corrected chi connectivity index (χ3v) is 21.6. The van der Waals surface area contributed by atoms with Crippen molar-refractivity contribution in [3.05, 3.63) is 131 Å². The number of amides is 5. The molecule has 4 bridgehead atoms. The van der Waals surface area contributed by atoms with E-state index in [0.29, 0.717) is 50.9 Å². The Kier molecular flexibility index (Phi) is 25.3. The molecule has 580 valence electrons. The topological polar surface area (TPSA) is 479 Å². The number of aryl methyl sites for hydroxylation is 2. The third-order valence-electron chi connectivity index (χ3n) is 21.6. The summed E-state index contributed by atoms with van der Waals surface area (Å²) in [5, 5.41) is 58.0. The van der Waals surface area contributed by atoms with Crippen molar-refractivity contribution in [3.8, 4) is 0 Å². The molecule has 5 amide bonds. The SMILES string of the molecule is CC(=O)O[C@H]1C(=O)[C@@]2(C)[C@H]([C@H](OC(=O)c3ccccc3)[C@]3(O)C[C@H](OC(=O)[C@H](OC(=O)CCc4cn(CCCCCCN5C[C@@H]6C[C@H]5C(=O)N[C@@H](CCCN=C(N)N)C(=O)NCC(=O)N[C@@H](CC(=O)O)C(=O)N6)nn4)[C@@H](NC(=O)c4ccccc4)c4ccccc4)C(C)=C1C3(C)C)[C@]1(OC(C)=O)CO[C@@H]1C[C@@H]2O. The fourth-order valence-corrected chi connectivity index (χ4v) is 16.0. The predicted octanol–water partition coefficient (Wildman–Crippen LogP) is 1.26. The maximum atomic E-state index is 16.0. The number of nitrogens with two attached hydrogens (primary N) is 2. The van der Waals surface area contributed by atoms with Crippen molar-refractivity contribution in [2.75, 3.05) is 32.8 Å². The summed E-state index contributed by atoms with van der Waals surface area (Å²) >= 11 is 0. The number of carboxylic acid groups (broad SMARTS) is 1. The number of fused-ring (bicyclic) bond motifs is 7. The summed E-state index contributed by atoms with van der Waals surface area (Å²) in [6.45, 7) is 8.28. The number of guanidine groups is 1. The van der Waals surface area contributed by atoms with Gasteiger partial charge in [-0.15, -0.1) is 5.10 Å². The Morgan fingerprint density at radius 3 is 2.09 bits per heavy atom. The van der Waals surface area contributed by atoms with Crippen LogP contribution in [0.3, 0.4) is 0 Å². The van der Waals surface area contributed by atoms with Crippen LogP contribution >= 0.6 is 0 Å². The molecule has 3 aromatic carbocycles. The summed E-state index contributed by atoms with van der Waals surface area (Å²) in [5.41, 5.74) is 3.40. The largest absolute Gasteiger partial charge is 0.481 e. The number of aliphatic carboxylic acids is 1. The fraction of sp³-hybridized carbons (Fsp3) is 0.533. The van der Waals surface area contributed by atoms with Gasteiger partial charge in [-0.1, -0.05) is 98.6 Å². The maximum Gasteiger partial charge on any atom is 0.350 e. The quantitative estimate of drug-likeness (QED) is 0.0100. The minimum absolute atomic E-state index is 0.00901. The molecule has 12 N–H and O–H groups in total. The number of aliphatic hydroxyl groups excluding tert-OH is 1. The number of aliphatic imine (C=N–C) groups is 1. The average Bonchev–Trinajstić information content (AvgIpc) is 0.688. The molecule has 0 radical (unpaired) electrons. The van der Waals surface area contributed by atoms with Crippen molar-refractivity contribution < 1.29 is 101 Å². The van der Waals surface area contributed by atoms with Gasteiger partial charge in [0.25, 0.3) is 5.91 Å². The molecule has 0 unspecified atom stereocenters. The molecule has 1 aromatic heterocycles. The number of ether oxygens (including phenoxy) is 6. The monoisotopic (exact) mass is 1500 g/mol. The molecule has 5 fully saturated rings. The molecular weight excluding hydrogens is 1400 g/mol. The number of hydrogen-bond donors (Lipinski definition) is 10. The van der Waals surface area contributed by atoms with Gasteiger partial charge in [-0.2, -0.15) is 0 Å². The van der Waals surface area contributed by atoms with Crippen LogP contribution in [0.4, 0.5) is 0 Å². The number of rotatable bonds is 27. The zero-order chi connectivity index (χ0) is 78.0. The van der Waals surface area contributed by atoms with E-state index < -0.39 is 192 Å². The molecule has 3 saturated heterocycles. The van der Waals surface area contributed by atoms with Crippen LogP contribution in [-0.2, 0) is 89.3 Å². The fourth-order valence-electron chi connectivity index (χ4n) is 16.0. The van der Waals surface area contributed by atoms with Gasteiger partial charge in [-0.3, -0.25) is 62.5 Å². The number of likely N-dealkylation sites (tertiary alicyclic amines) is 1. The summed E-state index contributed by atoms with van der Waals surface area (Å²) < 4.78 is 39.0. The number of nitrogens with one attached hydrogen (secondary N) is 5. The molecule has 4 heterocycles. The van der Waals surface area contributed by atoms with E-state index in [2.05, 4.69) is 41.9 Å². The minimum Gasteiger partial charge on any atom is -0.481 e. The molecule has 3 aliphatic carbocycles. The lowest BCUT2D eigenvalue weighted by atomic mass is 9.44. The lowest BCUT2D eigenvalue weighted by molar-refractivity contribution is -0.346. The number of unbranched alkanes of at least 4 members (excludes halogenated alkanes) is 3. The Bertz CT molecular complexity index is 4100. The second kappa shape index (κ2) is 34.2. The molecular formula is C75H94N12O21. The van der Waals surface area contributed by atoms with Crippen molar-refractivity contribution in [2.45, 2.75) is 203 Å². The van der Waals surface area contributed by atoms with Gasteiger partial charge in [0.05, 0.1) is 60.7 Å². The first-order valence-corrected chi connectivity index (χ1v) is 36.1. The van der Waals surface area contributed by atoms with Crippen molar-refractivity contribution in [2.24, 2.45) is 33.2 Å². The second-order valence-corrected chi connectivity index (χ2v) is 29.1. The number of benzene rings is 3. The molecule has 3 aliphatic heterocycles. The van der Waals surface area contributed by atoms with Gasteiger partial charge >= 0.3 is 35.8 Å².